The van der Waals surface area contributed by atoms with Crippen LogP contribution in [0.5, 0.6) is 0 Å². The normalized spacial score (nSPS) is 13.1. The van der Waals surface area contributed by atoms with Crippen molar-refractivity contribution in [3.63, 3.8) is 0 Å². The van der Waals surface area contributed by atoms with E-state index in [1.54, 1.807) is 0 Å². The molecule has 0 bridgehead atoms. The number of rotatable bonds is 14. The molecule has 0 atom stereocenters. The van der Waals surface area contributed by atoms with Crippen LogP contribution < -0.4 is 5.32 Å². The van der Waals surface area contributed by atoms with Crippen molar-refractivity contribution in [2.24, 2.45) is 0 Å². The molecule has 2 radical (unpaired) electrons. The Morgan fingerprint density at radius 1 is 0.962 bits per heavy atom. The van der Waals surface area contributed by atoms with Crippen LogP contribution in [0.1, 0.15) is 91.9 Å². The predicted octanol–water partition coefficient (Wildman–Crippen LogP) is 6.39. The van der Waals surface area contributed by atoms with Gasteiger partial charge in [-0.15, -0.1) is 0 Å². The maximum absolute atomic E-state index is 12.3. The molecule has 26 heavy (non-hydrogen) atoms. The molecule has 2 nitrogen and oxygen atoms in total. The van der Waals surface area contributed by atoms with Crippen LogP contribution in [0.15, 0.2) is 9.67 Å². The van der Waals surface area contributed by atoms with E-state index in [9.17, 15) is 18.0 Å². The number of hydrogen-bond acceptors (Lipinski definition) is 1. The number of carbonyl (C=O) groups is 1. The first-order valence-electron chi connectivity index (χ1n) is 10.0. The van der Waals surface area contributed by atoms with Crippen LogP contribution in [-0.4, -0.2) is 39.8 Å². The van der Waals surface area contributed by atoms with Gasteiger partial charge in [0.2, 0.25) is 0 Å². The molecule has 0 aliphatic rings. The van der Waals surface area contributed by atoms with Gasteiger partial charge in [0.1, 0.15) is 0 Å². The average molecular weight is 482 g/mol. The first kappa shape index (κ1) is 25.8. The van der Waals surface area contributed by atoms with Gasteiger partial charge in [0.15, 0.2) is 0 Å². The van der Waals surface area contributed by atoms with Crippen LogP contribution >= 0.6 is 0 Å². The number of carbonyl (C=O) groups excluding carboxylic acids is 1. The Morgan fingerprint density at radius 3 is 1.77 bits per heavy atom. The molecular weight excluding hydrogens is 446 g/mol. The van der Waals surface area contributed by atoms with Gasteiger partial charge in [-0.05, 0) is 0 Å². The molecule has 0 heterocycles. The summed E-state index contributed by atoms with van der Waals surface area (Å²) in [6, 6.07) is 0. The van der Waals surface area contributed by atoms with E-state index in [0.717, 1.165) is 0 Å². The predicted molar refractivity (Wildman–Crippen MR) is 104 cm³/mol. The summed E-state index contributed by atoms with van der Waals surface area (Å²) in [5.74, 6) is -1.83. The zero-order chi connectivity index (χ0) is 20.1. The number of hydrogen-bond donors (Lipinski definition) is 1. The molecule has 6 heteroatoms. The van der Waals surface area contributed by atoms with E-state index >= 15 is 0 Å². The molecule has 0 saturated carbocycles. The van der Waals surface area contributed by atoms with Crippen molar-refractivity contribution >= 4 is 27.0 Å². The van der Waals surface area contributed by atoms with Gasteiger partial charge in [0.05, 0.1) is 0 Å². The van der Waals surface area contributed by atoms with E-state index in [4.69, 9.17) is 0 Å². The summed E-state index contributed by atoms with van der Waals surface area (Å²) >= 11 is -0.918. The van der Waals surface area contributed by atoms with Crippen LogP contribution in [0.2, 0.25) is 3.43 Å². The average Bonchev–Trinajstić information content (AvgIpc) is 2.60. The first-order valence-corrected chi connectivity index (χ1v) is 12.9. The van der Waals surface area contributed by atoms with Crippen molar-refractivity contribution in [1.82, 2.24) is 5.32 Å². The van der Waals surface area contributed by atoms with E-state index in [-0.39, 0.29) is 6.54 Å². The summed E-state index contributed by atoms with van der Waals surface area (Å²) in [4.78, 5) is 11.0. The van der Waals surface area contributed by atoms with Crippen LogP contribution in [0, 0.1) is 0 Å². The molecule has 0 saturated heterocycles. The standard InChI is InChI=1S/C13H27.C7H9F3NO.Sn/c1-4-7-10-13(11-8-5-2)12-9-6-3;1-2-3-4-5-11-6(12)7(8,9)10;/h4-12H2,1-3H3;2H,4-5H2,1H3,(H,11,12);. The van der Waals surface area contributed by atoms with Gasteiger partial charge in [0, 0.05) is 0 Å². The molecule has 1 amide bonds. The Hall–Kier alpha value is -0.201. The fourth-order valence-corrected chi connectivity index (χ4v) is 8.79. The molecule has 0 fully saturated rings. The van der Waals surface area contributed by atoms with E-state index in [2.05, 4.69) is 26.8 Å². The van der Waals surface area contributed by atoms with Crippen molar-refractivity contribution in [2.45, 2.75) is 102 Å². The quantitative estimate of drug-likeness (QED) is 0.286. The molecule has 0 aromatic rings. The molecule has 0 spiro atoms. The number of alkyl halides is 3. The molecule has 1 N–H and O–H groups in total. The van der Waals surface area contributed by atoms with Gasteiger partial charge in [-0.3, -0.25) is 0 Å². The van der Waals surface area contributed by atoms with Crippen molar-refractivity contribution in [3.05, 3.63) is 9.67 Å². The number of unbranched alkanes of at least 4 members (excludes halogenated alkanes) is 3. The van der Waals surface area contributed by atoms with Crippen molar-refractivity contribution in [1.29, 1.82) is 0 Å². The van der Waals surface area contributed by atoms with Crippen molar-refractivity contribution < 1.29 is 18.0 Å². The minimum absolute atomic E-state index is 0.0876. The molecule has 152 valence electrons. The second-order valence-electron chi connectivity index (χ2n) is 7.03. The van der Waals surface area contributed by atoms with Crippen LogP contribution in [0.3, 0.4) is 0 Å². The van der Waals surface area contributed by atoms with Crippen molar-refractivity contribution in [2.75, 3.05) is 6.54 Å². The Morgan fingerprint density at radius 2 is 1.42 bits per heavy atom. The van der Waals surface area contributed by atoms with Gasteiger partial charge in [-0.2, -0.15) is 0 Å². The molecule has 0 aromatic carbocycles. The minimum atomic E-state index is -4.79. The number of halogens is 3. The summed E-state index contributed by atoms with van der Waals surface area (Å²) in [5, 5.41) is 2.03. The first-order chi connectivity index (χ1) is 12.2. The van der Waals surface area contributed by atoms with Gasteiger partial charge in [-0.1, -0.05) is 0 Å². The molecule has 0 aliphatic carbocycles. The van der Waals surface area contributed by atoms with Gasteiger partial charge >= 0.3 is 168 Å². The Balaban J connectivity index is 4.95. The third-order valence-corrected chi connectivity index (χ3v) is 10.8. The fourth-order valence-electron chi connectivity index (χ4n) is 3.14. The summed E-state index contributed by atoms with van der Waals surface area (Å²) in [7, 11) is 0. The molecule has 0 rings (SSSR count). The third kappa shape index (κ3) is 10.8. The topological polar surface area (TPSA) is 29.1 Å². The number of nitrogens with one attached hydrogen (secondary N) is 1. The SMILES string of the molecule is C/C=[C](/CCNC(=O)C(F)(F)F)[Sn][C](CCCC)(CCCC)CCCC. The Kier molecular flexibility index (Phi) is 13.8. The summed E-state index contributed by atoms with van der Waals surface area (Å²) in [6.45, 7) is 8.74. The van der Waals surface area contributed by atoms with E-state index in [0.29, 0.717) is 9.85 Å². The van der Waals surface area contributed by atoms with E-state index in [1.165, 1.54) is 61.4 Å². The summed E-state index contributed by atoms with van der Waals surface area (Å²) in [5.41, 5.74) is 0. The zero-order valence-corrected chi connectivity index (χ0v) is 19.8. The Bertz CT molecular complexity index is 400. The van der Waals surface area contributed by atoms with Crippen LogP contribution in [0.4, 0.5) is 13.2 Å². The molecular formula is C20H36F3NOSn. The van der Waals surface area contributed by atoms with Gasteiger partial charge in [0.25, 0.3) is 0 Å². The van der Waals surface area contributed by atoms with E-state index in [1.807, 2.05) is 12.2 Å². The molecule has 0 unspecified atom stereocenters. The van der Waals surface area contributed by atoms with Crippen molar-refractivity contribution in [3.8, 4) is 0 Å². The van der Waals surface area contributed by atoms with Gasteiger partial charge in [-0.25, -0.2) is 0 Å². The molecule has 0 aromatic heterocycles. The number of amides is 1. The summed E-state index contributed by atoms with van der Waals surface area (Å²) < 4.78 is 38.7. The maximum atomic E-state index is 12.3. The zero-order valence-electron chi connectivity index (χ0n) is 16.9. The number of allylic oxidation sites excluding steroid dienone is 1. The summed E-state index contributed by atoms with van der Waals surface area (Å²) in [6.07, 6.45) is 8.89. The second kappa shape index (κ2) is 13.9. The molecule has 0 aliphatic heterocycles. The van der Waals surface area contributed by atoms with Crippen LogP contribution in [-0.2, 0) is 4.79 Å². The fraction of sp³-hybridized carbons (Fsp3) is 0.850. The van der Waals surface area contributed by atoms with E-state index < -0.39 is 33.2 Å². The Labute approximate surface area is 168 Å². The van der Waals surface area contributed by atoms with Crippen LogP contribution in [0.25, 0.3) is 0 Å². The monoisotopic (exact) mass is 483 g/mol. The van der Waals surface area contributed by atoms with Gasteiger partial charge < -0.3 is 0 Å². The third-order valence-electron chi connectivity index (χ3n) is 4.74. The second-order valence-corrected chi connectivity index (χ2v) is 12.6.